The average Bonchev–Trinajstić information content (AvgIpc) is 2.69. The molecule has 0 atom stereocenters. The molecule has 0 aliphatic heterocycles. The van der Waals surface area contributed by atoms with Gasteiger partial charge in [-0.2, -0.15) is 9.61 Å². The number of aromatic amines is 1. The minimum absolute atomic E-state index is 0.138. The van der Waals surface area contributed by atoms with Gasteiger partial charge < -0.3 is 4.98 Å². The molecule has 0 bridgehead atoms. The summed E-state index contributed by atoms with van der Waals surface area (Å²) >= 11 is 0. The normalized spacial score (nSPS) is 11.3. The Bertz CT molecular complexity index is 887. The zero-order valence-electron chi connectivity index (χ0n) is 10.9. The summed E-state index contributed by atoms with van der Waals surface area (Å²) in [6.45, 7) is 5.26. The molecule has 2 aromatic heterocycles. The number of nitrogens with zero attached hydrogens (tertiary/aromatic N) is 2. The molecule has 3 aromatic rings. The van der Waals surface area contributed by atoms with Gasteiger partial charge in [-0.15, -0.1) is 0 Å². The molecule has 0 fully saturated rings. The van der Waals surface area contributed by atoms with E-state index in [0.29, 0.717) is 11.2 Å². The Kier molecular flexibility index (Phi) is 2.32. The van der Waals surface area contributed by atoms with Crippen LogP contribution in [0, 0.1) is 13.8 Å². The predicted octanol–water partition coefficient (Wildman–Crippen LogP) is 2.00. The van der Waals surface area contributed by atoms with Gasteiger partial charge in [-0.3, -0.25) is 4.79 Å². The molecule has 5 nitrogen and oxygen atoms in total. The molecule has 5 heteroatoms. The highest BCUT2D eigenvalue weighted by Gasteiger charge is 2.16. The van der Waals surface area contributed by atoms with E-state index in [9.17, 15) is 9.59 Å². The van der Waals surface area contributed by atoms with E-state index < -0.39 is 0 Å². The quantitative estimate of drug-likeness (QED) is 0.676. The number of benzene rings is 1. The largest absolute Gasteiger partial charge is 0.347 e. The summed E-state index contributed by atoms with van der Waals surface area (Å²) in [5.74, 6) is -0.138. The lowest BCUT2D eigenvalue weighted by atomic mass is 10.1. The monoisotopic (exact) mass is 255 g/mol. The van der Waals surface area contributed by atoms with E-state index in [-0.39, 0.29) is 11.5 Å². The van der Waals surface area contributed by atoms with Crippen molar-refractivity contribution in [2.75, 3.05) is 0 Å². The molecule has 0 saturated heterocycles. The second-order valence-corrected chi connectivity index (χ2v) is 4.77. The maximum absolute atomic E-state index is 12.0. The first-order valence-corrected chi connectivity index (χ1v) is 6.02. The van der Waals surface area contributed by atoms with Crippen LogP contribution in [0.15, 0.2) is 23.0 Å². The second-order valence-electron chi connectivity index (χ2n) is 4.77. The number of carbonyl (C=O) groups excluding carboxylic acids is 1. The van der Waals surface area contributed by atoms with Crippen LogP contribution in [-0.2, 0) is 0 Å². The number of aryl methyl sites for hydroxylation is 2. The van der Waals surface area contributed by atoms with E-state index in [4.69, 9.17) is 0 Å². The van der Waals surface area contributed by atoms with Gasteiger partial charge in [0.25, 0.3) is 0 Å². The molecule has 96 valence electrons. The Morgan fingerprint density at radius 3 is 2.74 bits per heavy atom. The average molecular weight is 255 g/mol. The van der Waals surface area contributed by atoms with Crippen molar-refractivity contribution < 1.29 is 4.79 Å². The van der Waals surface area contributed by atoms with Gasteiger partial charge in [-0.1, -0.05) is 11.6 Å². The molecule has 0 radical (unpaired) electrons. The van der Waals surface area contributed by atoms with Crippen molar-refractivity contribution in [3.05, 3.63) is 45.5 Å². The summed E-state index contributed by atoms with van der Waals surface area (Å²) < 4.78 is 1.27. The van der Waals surface area contributed by atoms with E-state index in [2.05, 4.69) is 10.1 Å². The summed E-state index contributed by atoms with van der Waals surface area (Å²) in [6.07, 6.45) is 0. The number of nitrogens with one attached hydrogen (secondary N) is 1. The molecule has 0 amide bonds. The van der Waals surface area contributed by atoms with Crippen LogP contribution in [0.4, 0.5) is 0 Å². The van der Waals surface area contributed by atoms with Gasteiger partial charge in [0.05, 0.1) is 11.0 Å². The third kappa shape index (κ3) is 1.58. The number of ketones is 1. The Labute approximate surface area is 108 Å². The molecule has 0 unspecified atom stereocenters. The van der Waals surface area contributed by atoms with Crippen LogP contribution < -0.4 is 5.69 Å². The van der Waals surface area contributed by atoms with E-state index in [1.165, 1.54) is 11.4 Å². The zero-order valence-corrected chi connectivity index (χ0v) is 10.9. The van der Waals surface area contributed by atoms with Gasteiger partial charge in [0.1, 0.15) is 5.69 Å². The minimum Gasteiger partial charge on any atom is -0.305 e. The molecule has 1 N–H and O–H groups in total. The Morgan fingerprint density at radius 1 is 1.32 bits per heavy atom. The highest BCUT2D eigenvalue weighted by atomic mass is 16.1. The lowest BCUT2D eigenvalue weighted by Crippen LogP contribution is -2.17. The van der Waals surface area contributed by atoms with E-state index in [1.807, 2.05) is 32.0 Å². The van der Waals surface area contributed by atoms with Gasteiger partial charge in [0, 0.05) is 17.9 Å². The van der Waals surface area contributed by atoms with Crippen molar-refractivity contribution in [3.63, 3.8) is 0 Å². The van der Waals surface area contributed by atoms with Crippen LogP contribution in [0.2, 0.25) is 0 Å². The maximum Gasteiger partial charge on any atom is 0.347 e. The summed E-state index contributed by atoms with van der Waals surface area (Å²) in [5, 5.41) is 5.01. The topological polar surface area (TPSA) is 67.2 Å². The second kappa shape index (κ2) is 3.78. The molecule has 0 saturated carbocycles. The molecular weight excluding hydrogens is 242 g/mol. The summed E-state index contributed by atoms with van der Waals surface area (Å²) in [6, 6.07) is 5.79. The lowest BCUT2D eigenvalue weighted by Gasteiger charge is -2.02. The molecule has 1 aromatic carbocycles. The number of aromatic nitrogens is 3. The van der Waals surface area contributed by atoms with Crippen molar-refractivity contribution in [3.8, 4) is 0 Å². The Morgan fingerprint density at radius 2 is 2.05 bits per heavy atom. The van der Waals surface area contributed by atoms with Crippen LogP contribution in [-0.4, -0.2) is 20.4 Å². The minimum atomic E-state index is -0.332. The van der Waals surface area contributed by atoms with Gasteiger partial charge >= 0.3 is 5.69 Å². The third-order valence-electron chi connectivity index (χ3n) is 3.32. The number of rotatable bonds is 1. The highest BCUT2D eigenvalue weighted by molar-refractivity contribution is 6.01. The van der Waals surface area contributed by atoms with Crippen molar-refractivity contribution in [2.24, 2.45) is 0 Å². The first-order chi connectivity index (χ1) is 8.99. The summed E-state index contributed by atoms with van der Waals surface area (Å²) in [4.78, 5) is 26.3. The molecular formula is C14H13N3O2. The van der Waals surface area contributed by atoms with E-state index in [0.717, 1.165) is 22.0 Å². The van der Waals surface area contributed by atoms with Gasteiger partial charge in [-0.25, -0.2) is 4.79 Å². The predicted molar refractivity (Wildman–Crippen MR) is 72.8 cm³/mol. The van der Waals surface area contributed by atoms with Crippen LogP contribution in [0.25, 0.3) is 16.4 Å². The van der Waals surface area contributed by atoms with Crippen LogP contribution in [0.5, 0.6) is 0 Å². The number of carbonyl (C=O) groups is 1. The van der Waals surface area contributed by atoms with Crippen molar-refractivity contribution in [1.29, 1.82) is 0 Å². The Balaban J connectivity index is 2.62. The van der Waals surface area contributed by atoms with Crippen molar-refractivity contribution in [2.45, 2.75) is 20.8 Å². The fourth-order valence-corrected chi connectivity index (χ4v) is 2.42. The van der Waals surface area contributed by atoms with Crippen LogP contribution >= 0.6 is 0 Å². The molecule has 19 heavy (non-hydrogen) atoms. The molecule has 0 aliphatic carbocycles. The molecule has 0 spiro atoms. The standard InChI is InChI=1S/C14H13N3O2/c1-7-4-5-11-10(6-7)13-8(2)12(9(3)18)16-17(13)14(19)15-11/h4-6H,1-3H3,(H,15,19). The third-order valence-corrected chi connectivity index (χ3v) is 3.32. The fraction of sp³-hybridized carbons (Fsp3) is 0.214. The van der Waals surface area contributed by atoms with Crippen LogP contribution in [0.3, 0.4) is 0 Å². The van der Waals surface area contributed by atoms with Gasteiger partial charge in [0.15, 0.2) is 5.78 Å². The van der Waals surface area contributed by atoms with E-state index in [1.54, 1.807) is 0 Å². The molecule has 3 rings (SSSR count). The molecule has 2 heterocycles. The number of Topliss-reactive ketones (excluding diaryl/α,β-unsaturated/α-hetero) is 1. The van der Waals surface area contributed by atoms with Crippen LogP contribution in [0.1, 0.15) is 28.5 Å². The SMILES string of the molecule is CC(=O)c1nn2c(=O)[nH]c3ccc(C)cc3c2c1C. The van der Waals surface area contributed by atoms with Gasteiger partial charge in [-0.05, 0) is 26.0 Å². The smallest absolute Gasteiger partial charge is 0.305 e. The van der Waals surface area contributed by atoms with Crippen molar-refractivity contribution >= 4 is 22.2 Å². The van der Waals surface area contributed by atoms with E-state index >= 15 is 0 Å². The summed E-state index contributed by atoms with van der Waals surface area (Å²) in [5.41, 5.74) is 3.30. The number of hydrogen-bond donors (Lipinski definition) is 1. The molecule has 0 aliphatic rings. The number of hydrogen-bond acceptors (Lipinski definition) is 3. The maximum atomic E-state index is 12.0. The van der Waals surface area contributed by atoms with Crippen molar-refractivity contribution in [1.82, 2.24) is 14.6 Å². The summed E-state index contributed by atoms with van der Waals surface area (Å²) in [7, 11) is 0. The van der Waals surface area contributed by atoms with Gasteiger partial charge in [0.2, 0.25) is 0 Å². The fourth-order valence-electron chi connectivity index (χ4n) is 2.42. The first-order valence-electron chi connectivity index (χ1n) is 6.02. The number of H-pyrrole nitrogens is 1. The lowest BCUT2D eigenvalue weighted by molar-refractivity contribution is 0.101. The number of fused-ring (bicyclic) bond motifs is 3. The Hall–Kier alpha value is -2.43. The zero-order chi connectivity index (χ0) is 13.7. The first kappa shape index (κ1) is 11.6. The highest BCUT2D eigenvalue weighted by Crippen LogP contribution is 2.23.